The van der Waals surface area contributed by atoms with Gasteiger partial charge in [0.1, 0.15) is 0 Å². The van der Waals surface area contributed by atoms with Crippen molar-refractivity contribution < 1.29 is 14.5 Å². The zero-order chi connectivity index (χ0) is 20.1. The van der Waals surface area contributed by atoms with Gasteiger partial charge in [0.25, 0.3) is 5.69 Å². The summed E-state index contributed by atoms with van der Waals surface area (Å²) in [5.74, 6) is -0.683. The summed E-state index contributed by atoms with van der Waals surface area (Å²) in [5, 5.41) is 10.9. The number of allylic oxidation sites excluding steroid dienone is 2. The summed E-state index contributed by atoms with van der Waals surface area (Å²) in [4.78, 5) is 25.2. The van der Waals surface area contributed by atoms with E-state index in [0.717, 1.165) is 16.8 Å². The van der Waals surface area contributed by atoms with Crippen molar-refractivity contribution in [3.8, 4) is 0 Å². The van der Waals surface area contributed by atoms with E-state index in [4.69, 9.17) is 4.74 Å². The standard InChI is InChI=1S/C22H22N2O4/c1-3-28-22(25)21-16(2)23(15-17-7-5-4-6-8-17)14-13-20(21)18-9-11-19(12-10-18)24(26)27/h4-14,20H,3,15H2,1-2H3/t20-/m1/s1. The lowest BCUT2D eigenvalue weighted by Gasteiger charge is -2.31. The number of carbonyl (C=O) groups is 1. The molecule has 0 N–H and O–H groups in total. The minimum atomic E-state index is -0.435. The van der Waals surface area contributed by atoms with Gasteiger partial charge in [-0.2, -0.15) is 0 Å². The second-order valence-electron chi connectivity index (χ2n) is 6.50. The normalized spacial score (nSPS) is 16.2. The van der Waals surface area contributed by atoms with Gasteiger partial charge in [0.15, 0.2) is 0 Å². The van der Waals surface area contributed by atoms with Crippen LogP contribution in [0.3, 0.4) is 0 Å². The third-order valence-corrected chi connectivity index (χ3v) is 4.74. The Balaban J connectivity index is 1.95. The molecule has 0 saturated carbocycles. The van der Waals surface area contributed by atoms with Crippen LogP contribution in [-0.2, 0) is 16.1 Å². The zero-order valence-electron chi connectivity index (χ0n) is 15.9. The van der Waals surface area contributed by atoms with Crippen LogP contribution in [0.2, 0.25) is 0 Å². The predicted molar refractivity (Wildman–Crippen MR) is 106 cm³/mol. The molecule has 0 unspecified atom stereocenters. The number of esters is 1. The lowest BCUT2D eigenvalue weighted by molar-refractivity contribution is -0.384. The number of carbonyl (C=O) groups excluding carboxylic acids is 1. The Hall–Kier alpha value is -3.41. The second kappa shape index (κ2) is 8.52. The van der Waals surface area contributed by atoms with Gasteiger partial charge in [0, 0.05) is 36.5 Å². The minimum Gasteiger partial charge on any atom is -0.463 e. The number of rotatable bonds is 6. The van der Waals surface area contributed by atoms with E-state index in [1.807, 2.05) is 54.4 Å². The number of benzene rings is 2. The van der Waals surface area contributed by atoms with Crippen molar-refractivity contribution in [1.29, 1.82) is 0 Å². The summed E-state index contributed by atoms with van der Waals surface area (Å²) >= 11 is 0. The quantitative estimate of drug-likeness (QED) is 0.419. The van der Waals surface area contributed by atoms with Gasteiger partial charge in [-0.15, -0.1) is 0 Å². The maximum absolute atomic E-state index is 12.7. The third kappa shape index (κ3) is 4.11. The van der Waals surface area contributed by atoms with Crippen molar-refractivity contribution in [2.45, 2.75) is 26.3 Å². The maximum atomic E-state index is 12.7. The van der Waals surface area contributed by atoms with E-state index < -0.39 is 4.92 Å². The molecule has 0 saturated heterocycles. The summed E-state index contributed by atoms with van der Waals surface area (Å²) < 4.78 is 5.30. The molecule has 0 aliphatic carbocycles. The first-order valence-electron chi connectivity index (χ1n) is 9.12. The minimum absolute atomic E-state index is 0.0210. The van der Waals surface area contributed by atoms with Crippen molar-refractivity contribution in [1.82, 2.24) is 4.90 Å². The van der Waals surface area contributed by atoms with Crippen LogP contribution in [0.5, 0.6) is 0 Å². The van der Waals surface area contributed by atoms with Gasteiger partial charge in [-0.1, -0.05) is 48.5 Å². The third-order valence-electron chi connectivity index (χ3n) is 4.74. The van der Waals surface area contributed by atoms with Crippen LogP contribution in [0.25, 0.3) is 0 Å². The average Bonchev–Trinajstić information content (AvgIpc) is 2.70. The molecule has 1 heterocycles. The molecule has 6 nitrogen and oxygen atoms in total. The molecule has 6 heteroatoms. The van der Waals surface area contributed by atoms with Crippen LogP contribution in [-0.4, -0.2) is 22.4 Å². The van der Waals surface area contributed by atoms with Crippen molar-refractivity contribution in [3.05, 3.63) is 99.4 Å². The number of non-ortho nitro benzene ring substituents is 1. The van der Waals surface area contributed by atoms with Crippen molar-refractivity contribution in [2.75, 3.05) is 6.61 Å². The van der Waals surface area contributed by atoms with Gasteiger partial charge in [0.2, 0.25) is 0 Å². The topological polar surface area (TPSA) is 72.7 Å². The van der Waals surface area contributed by atoms with Gasteiger partial charge in [-0.05, 0) is 25.0 Å². The number of ether oxygens (including phenoxy) is 1. The summed E-state index contributed by atoms with van der Waals surface area (Å²) in [7, 11) is 0. The maximum Gasteiger partial charge on any atom is 0.336 e. The molecule has 0 fully saturated rings. The summed E-state index contributed by atoms with van der Waals surface area (Å²) in [5.41, 5.74) is 3.32. The molecular weight excluding hydrogens is 356 g/mol. The molecule has 0 spiro atoms. The van der Waals surface area contributed by atoms with E-state index in [0.29, 0.717) is 12.1 Å². The van der Waals surface area contributed by atoms with E-state index in [1.165, 1.54) is 12.1 Å². The fraction of sp³-hybridized carbons (Fsp3) is 0.227. The lowest BCUT2D eigenvalue weighted by atomic mass is 9.87. The number of nitrogens with zero attached hydrogens (tertiary/aromatic N) is 2. The van der Waals surface area contributed by atoms with Crippen molar-refractivity contribution in [2.24, 2.45) is 0 Å². The molecule has 0 radical (unpaired) electrons. The first kappa shape index (κ1) is 19.4. The van der Waals surface area contributed by atoms with E-state index in [-0.39, 0.29) is 24.2 Å². The Labute approximate surface area is 163 Å². The molecule has 2 aromatic rings. The molecule has 0 amide bonds. The monoisotopic (exact) mass is 378 g/mol. The Morgan fingerprint density at radius 1 is 1.14 bits per heavy atom. The molecule has 28 heavy (non-hydrogen) atoms. The molecular formula is C22H22N2O4. The summed E-state index contributed by atoms with van der Waals surface area (Å²) in [6, 6.07) is 16.3. The fourth-order valence-electron chi connectivity index (χ4n) is 3.29. The molecule has 1 atom stereocenters. The average molecular weight is 378 g/mol. The smallest absolute Gasteiger partial charge is 0.336 e. The van der Waals surface area contributed by atoms with Gasteiger partial charge in [-0.3, -0.25) is 10.1 Å². The number of hydrogen-bond donors (Lipinski definition) is 0. The van der Waals surface area contributed by atoms with Gasteiger partial charge in [-0.25, -0.2) is 4.79 Å². The van der Waals surface area contributed by atoms with Gasteiger partial charge >= 0.3 is 5.97 Å². The summed E-state index contributed by atoms with van der Waals surface area (Å²) in [6.45, 7) is 4.59. The SMILES string of the molecule is CCOC(=O)C1=C(C)N(Cc2ccccc2)C=C[C@@H]1c1ccc([N+](=O)[O-])cc1. The Kier molecular flexibility index (Phi) is 5.89. The highest BCUT2D eigenvalue weighted by Crippen LogP contribution is 2.35. The Morgan fingerprint density at radius 2 is 1.82 bits per heavy atom. The largest absolute Gasteiger partial charge is 0.463 e. The predicted octanol–water partition coefficient (Wildman–Crippen LogP) is 4.55. The van der Waals surface area contributed by atoms with E-state index in [2.05, 4.69) is 0 Å². The first-order chi connectivity index (χ1) is 13.5. The highest BCUT2D eigenvalue weighted by atomic mass is 16.6. The zero-order valence-corrected chi connectivity index (χ0v) is 15.9. The molecule has 0 aromatic heterocycles. The highest BCUT2D eigenvalue weighted by molar-refractivity contribution is 5.92. The van der Waals surface area contributed by atoms with Crippen LogP contribution in [0, 0.1) is 10.1 Å². The Bertz CT molecular complexity index is 917. The van der Waals surface area contributed by atoms with E-state index in [9.17, 15) is 14.9 Å². The van der Waals surface area contributed by atoms with Crippen molar-refractivity contribution >= 4 is 11.7 Å². The molecule has 0 bridgehead atoms. The Morgan fingerprint density at radius 3 is 2.43 bits per heavy atom. The van der Waals surface area contributed by atoms with Crippen LogP contribution in [0.15, 0.2) is 78.1 Å². The summed E-state index contributed by atoms with van der Waals surface area (Å²) in [6.07, 6.45) is 3.89. The van der Waals surface area contributed by atoms with Crippen LogP contribution in [0.4, 0.5) is 5.69 Å². The lowest BCUT2D eigenvalue weighted by Crippen LogP contribution is -2.26. The molecule has 1 aliphatic rings. The van der Waals surface area contributed by atoms with E-state index >= 15 is 0 Å². The van der Waals surface area contributed by atoms with Crippen LogP contribution < -0.4 is 0 Å². The molecule has 1 aliphatic heterocycles. The van der Waals surface area contributed by atoms with Gasteiger partial charge in [0.05, 0.1) is 17.1 Å². The van der Waals surface area contributed by atoms with Gasteiger partial charge < -0.3 is 9.64 Å². The number of nitro benzene ring substituents is 1. The first-order valence-corrected chi connectivity index (χ1v) is 9.12. The van der Waals surface area contributed by atoms with Crippen LogP contribution >= 0.6 is 0 Å². The highest BCUT2D eigenvalue weighted by Gasteiger charge is 2.29. The molecule has 2 aromatic carbocycles. The second-order valence-corrected chi connectivity index (χ2v) is 6.50. The molecule has 3 rings (SSSR count). The fourth-order valence-corrected chi connectivity index (χ4v) is 3.29. The molecule has 144 valence electrons. The van der Waals surface area contributed by atoms with Crippen molar-refractivity contribution in [3.63, 3.8) is 0 Å². The number of hydrogen-bond acceptors (Lipinski definition) is 5. The van der Waals surface area contributed by atoms with Crippen LogP contribution in [0.1, 0.15) is 30.9 Å². The number of nitro groups is 1. The van der Waals surface area contributed by atoms with E-state index in [1.54, 1.807) is 19.1 Å².